The quantitative estimate of drug-likeness (QED) is 0.750. The van der Waals surface area contributed by atoms with E-state index in [0.717, 1.165) is 30.5 Å². The summed E-state index contributed by atoms with van der Waals surface area (Å²) in [5.41, 5.74) is 3.31. The number of nitriles is 1. The summed E-state index contributed by atoms with van der Waals surface area (Å²) >= 11 is 0. The average molecular weight is 212 g/mol. The second-order valence-electron chi connectivity index (χ2n) is 4.14. The van der Waals surface area contributed by atoms with Gasteiger partial charge in [0, 0.05) is 24.0 Å². The Morgan fingerprint density at radius 2 is 1.81 bits per heavy atom. The molecule has 0 saturated heterocycles. The highest BCUT2D eigenvalue weighted by molar-refractivity contribution is 5.53. The zero-order valence-corrected chi connectivity index (χ0v) is 9.61. The molecule has 16 heavy (non-hydrogen) atoms. The summed E-state index contributed by atoms with van der Waals surface area (Å²) in [6, 6.07) is 12.6. The molecule has 2 rings (SSSR count). The van der Waals surface area contributed by atoms with E-state index < -0.39 is 0 Å². The summed E-state index contributed by atoms with van der Waals surface area (Å²) < 4.78 is 0. The van der Waals surface area contributed by atoms with Gasteiger partial charge in [-0.15, -0.1) is 0 Å². The van der Waals surface area contributed by atoms with Gasteiger partial charge in [0.05, 0.1) is 6.07 Å². The lowest BCUT2D eigenvalue weighted by molar-refractivity contribution is 0.669. The third-order valence-corrected chi connectivity index (χ3v) is 3.12. The molecule has 1 aromatic rings. The Labute approximate surface area is 96.8 Å². The molecule has 0 atom stereocenters. The Balaban J connectivity index is 2.31. The number of nitrogens with zero attached hydrogens (tertiary/aromatic N) is 2. The number of benzene rings is 1. The normalized spacial score (nSPS) is 15.8. The molecule has 0 spiro atoms. The summed E-state index contributed by atoms with van der Waals surface area (Å²) in [6.45, 7) is 0. The zero-order chi connectivity index (χ0) is 11.4. The monoisotopic (exact) mass is 212 g/mol. The average Bonchev–Trinajstić information content (AvgIpc) is 2.39. The minimum Gasteiger partial charge on any atom is -0.347 e. The standard InChI is InChI=1S/C14H16N2/c1-16(13-8-3-2-4-9-13)14-10-6-5-7-12(14)11-15/h2-4,8-9H,5-7,10H2,1H3. The molecule has 0 unspecified atom stereocenters. The van der Waals surface area contributed by atoms with E-state index in [1.165, 1.54) is 12.1 Å². The molecular formula is C14H16N2. The van der Waals surface area contributed by atoms with Crippen LogP contribution in [0.2, 0.25) is 0 Å². The fourth-order valence-corrected chi connectivity index (χ4v) is 2.19. The number of rotatable bonds is 2. The highest BCUT2D eigenvalue weighted by Gasteiger charge is 2.16. The van der Waals surface area contributed by atoms with Crippen molar-refractivity contribution >= 4 is 5.69 Å². The number of hydrogen-bond acceptors (Lipinski definition) is 2. The van der Waals surface area contributed by atoms with Gasteiger partial charge in [-0.2, -0.15) is 5.26 Å². The summed E-state index contributed by atoms with van der Waals surface area (Å²) in [5, 5.41) is 9.12. The largest absolute Gasteiger partial charge is 0.347 e. The highest BCUT2D eigenvalue weighted by Crippen LogP contribution is 2.29. The fourth-order valence-electron chi connectivity index (χ4n) is 2.19. The van der Waals surface area contributed by atoms with Crippen LogP contribution in [0.4, 0.5) is 5.69 Å². The first kappa shape index (κ1) is 10.8. The van der Waals surface area contributed by atoms with Gasteiger partial charge >= 0.3 is 0 Å². The Bertz CT molecular complexity index is 426. The van der Waals surface area contributed by atoms with Crippen molar-refractivity contribution in [3.05, 3.63) is 41.6 Å². The molecule has 2 nitrogen and oxygen atoms in total. The van der Waals surface area contributed by atoms with Gasteiger partial charge < -0.3 is 4.90 Å². The number of para-hydroxylation sites is 1. The van der Waals surface area contributed by atoms with Gasteiger partial charge in [-0.05, 0) is 37.8 Å². The minimum absolute atomic E-state index is 0.934. The molecule has 0 aromatic heterocycles. The van der Waals surface area contributed by atoms with E-state index in [1.807, 2.05) is 25.2 Å². The lowest BCUT2D eigenvalue weighted by atomic mass is 9.96. The molecule has 0 amide bonds. The van der Waals surface area contributed by atoms with Gasteiger partial charge in [0.1, 0.15) is 0 Å². The highest BCUT2D eigenvalue weighted by atomic mass is 15.1. The smallest absolute Gasteiger partial charge is 0.0965 e. The number of hydrogen-bond donors (Lipinski definition) is 0. The van der Waals surface area contributed by atoms with Crippen LogP contribution >= 0.6 is 0 Å². The fraction of sp³-hybridized carbons (Fsp3) is 0.357. The van der Waals surface area contributed by atoms with Crippen LogP contribution in [-0.2, 0) is 0 Å². The predicted octanol–water partition coefficient (Wildman–Crippen LogP) is 3.47. The zero-order valence-electron chi connectivity index (χ0n) is 9.61. The molecule has 1 aromatic carbocycles. The Morgan fingerprint density at radius 3 is 2.50 bits per heavy atom. The molecule has 0 heterocycles. The van der Waals surface area contributed by atoms with E-state index in [0.29, 0.717) is 0 Å². The maximum atomic E-state index is 9.12. The summed E-state index contributed by atoms with van der Waals surface area (Å²) in [6.07, 6.45) is 4.30. The van der Waals surface area contributed by atoms with Crippen molar-refractivity contribution in [1.29, 1.82) is 5.26 Å². The lowest BCUT2D eigenvalue weighted by Gasteiger charge is -2.27. The first-order valence-corrected chi connectivity index (χ1v) is 5.74. The van der Waals surface area contributed by atoms with Crippen LogP contribution in [0.15, 0.2) is 41.6 Å². The summed E-state index contributed by atoms with van der Waals surface area (Å²) in [5.74, 6) is 0. The second kappa shape index (κ2) is 4.85. The van der Waals surface area contributed by atoms with E-state index in [2.05, 4.69) is 23.1 Å². The van der Waals surface area contributed by atoms with Crippen LogP contribution in [0.25, 0.3) is 0 Å². The van der Waals surface area contributed by atoms with Crippen molar-refractivity contribution in [2.24, 2.45) is 0 Å². The topological polar surface area (TPSA) is 27.0 Å². The van der Waals surface area contributed by atoms with Crippen molar-refractivity contribution in [2.75, 3.05) is 11.9 Å². The molecule has 0 saturated carbocycles. The van der Waals surface area contributed by atoms with Crippen LogP contribution in [0.1, 0.15) is 25.7 Å². The van der Waals surface area contributed by atoms with Gasteiger partial charge in [0.15, 0.2) is 0 Å². The van der Waals surface area contributed by atoms with Gasteiger partial charge in [-0.3, -0.25) is 0 Å². The molecule has 0 aliphatic heterocycles. The van der Waals surface area contributed by atoms with Crippen molar-refractivity contribution < 1.29 is 0 Å². The maximum absolute atomic E-state index is 9.12. The molecule has 1 aliphatic carbocycles. The molecule has 0 N–H and O–H groups in total. The van der Waals surface area contributed by atoms with Gasteiger partial charge in [0.2, 0.25) is 0 Å². The maximum Gasteiger partial charge on any atom is 0.0965 e. The summed E-state index contributed by atoms with van der Waals surface area (Å²) in [7, 11) is 2.05. The SMILES string of the molecule is CN(C1=C(C#N)CCCC1)c1ccccc1. The minimum atomic E-state index is 0.934. The van der Waals surface area contributed by atoms with E-state index in [-0.39, 0.29) is 0 Å². The predicted molar refractivity (Wildman–Crippen MR) is 66.0 cm³/mol. The van der Waals surface area contributed by atoms with E-state index >= 15 is 0 Å². The van der Waals surface area contributed by atoms with Crippen LogP contribution in [0.3, 0.4) is 0 Å². The van der Waals surface area contributed by atoms with Crippen molar-refractivity contribution in [2.45, 2.75) is 25.7 Å². The molecule has 0 bridgehead atoms. The Hall–Kier alpha value is -1.75. The third-order valence-electron chi connectivity index (χ3n) is 3.12. The van der Waals surface area contributed by atoms with Crippen LogP contribution in [0, 0.1) is 11.3 Å². The van der Waals surface area contributed by atoms with Gasteiger partial charge in [0.25, 0.3) is 0 Å². The molecule has 82 valence electrons. The molecule has 2 heteroatoms. The van der Waals surface area contributed by atoms with E-state index in [4.69, 9.17) is 5.26 Å². The van der Waals surface area contributed by atoms with Crippen molar-refractivity contribution in [1.82, 2.24) is 0 Å². The van der Waals surface area contributed by atoms with Crippen LogP contribution in [0.5, 0.6) is 0 Å². The number of allylic oxidation sites excluding steroid dienone is 2. The van der Waals surface area contributed by atoms with Crippen LogP contribution < -0.4 is 4.90 Å². The molecule has 1 aliphatic rings. The summed E-state index contributed by atoms with van der Waals surface area (Å²) in [4.78, 5) is 2.15. The molecular weight excluding hydrogens is 196 g/mol. The third kappa shape index (κ3) is 2.09. The van der Waals surface area contributed by atoms with Crippen molar-refractivity contribution in [3.63, 3.8) is 0 Å². The lowest BCUT2D eigenvalue weighted by Crippen LogP contribution is -2.20. The van der Waals surface area contributed by atoms with E-state index in [1.54, 1.807) is 0 Å². The van der Waals surface area contributed by atoms with Gasteiger partial charge in [-0.25, -0.2) is 0 Å². The Morgan fingerprint density at radius 1 is 1.12 bits per heavy atom. The number of anilines is 1. The van der Waals surface area contributed by atoms with Crippen LogP contribution in [-0.4, -0.2) is 7.05 Å². The molecule has 0 fully saturated rings. The van der Waals surface area contributed by atoms with Gasteiger partial charge in [-0.1, -0.05) is 18.2 Å². The second-order valence-corrected chi connectivity index (χ2v) is 4.14. The van der Waals surface area contributed by atoms with Crippen molar-refractivity contribution in [3.8, 4) is 6.07 Å². The first-order chi connectivity index (χ1) is 7.83. The van der Waals surface area contributed by atoms with E-state index in [9.17, 15) is 0 Å². The molecule has 0 radical (unpaired) electrons. The Kier molecular flexibility index (Phi) is 3.26. The first-order valence-electron chi connectivity index (χ1n) is 5.74.